The molecule has 1 saturated carbocycles. The first-order valence-corrected chi connectivity index (χ1v) is 9.67. The quantitative estimate of drug-likeness (QED) is 0.830. The highest BCUT2D eigenvalue weighted by Crippen LogP contribution is 2.27. The normalized spacial score (nSPS) is 22.3. The minimum absolute atomic E-state index is 0.350. The number of nitrogens with two attached hydrogens (primary N) is 1. The molecule has 2 aliphatic rings. The van der Waals surface area contributed by atoms with Crippen molar-refractivity contribution in [1.82, 2.24) is 19.8 Å². The fraction of sp³-hybridized carbons (Fsp3) is 0.737. The third-order valence-corrected chi connectivity index (χ3v) is 5.70. The SMILES string of the molecule is CN(Cc1nccc(N)n1)[C@@H]1CCN(C(=O)CC2CCCCCC2)C1. The van der Waals surface area contributed by atoms with Gasteiger partial charge in [-0.1, -0.05) is 25.7 Å². The monoisotopic (exact) mass is 345 g/mol. The molecule has 6 nitrogen and oxygen atoms in total. The molecule has 6 heteroatoms. The molecule has 0 aromatic carbocycles. The maximum atomic E-state index is 12.7. The maximum absolute atomic E-state index is 12.7. The second kappa shape index (κ2) is 8.61. The summed E-state index contributed by atoms with van der Waals surface area (Å²) in [5, 5.41) is 0. The molecule has 0 radical (unpaired) electrons. The lowest BCUT2D eigenvalue weighted by Gasteiger charge is -2.24. The van der Waals surface area contributed by atoms with Crippen molar-refractivity contribution < 1.29 is 4.79 Å². The van der Waals surface area contributed by atoms with Crippen molar-refractivity contribution in [3.63, 3.8) is 0 Å². The number of hydrogen-bond acceptors (Lipinski definition) is 5. The van der Waals surface area contributed by atoms with Gasteiger partial charge in [0.25, 0.3) is 0 Å². The van der Waals surface area contributed by atoms with Gasteiger partial charge in [0.05, 0.1) is 6.54 Å². The number of likely N-dealkylation sites (N-methyl/N-ethyl adjacent to an activating group) is 1. The summed E-state index contributed by atoms with van der Waals surface area (Å²) in [5.41, 5.74) is 5.73. The molecule has 1 atom stereocenters. The van der Waals surface area contributed by atoms with Crippen LogP contribution in [-0.4, -0.2) is 51.9 Å². The minimum Gasteiger partial charge on any atom is -0.384 e. The molecule has 1 aromatic rings. The van der Waals surface area contributed by atoms with Gasteiger partial charge in [0, 0.05) is 31.7 Å². The summed E-state index contributed by atoms with van der Waals surface area (Å²) in [6, 6.07) is 2.08. The van der Waals surface area contributed by atoms with Crippen LogP contribution in [0.4, 0.5) is 5.82 Å². The van der Waals surface area contributed by atoms with E-state index in [-0.39, 0.29) is 0 Å². The van der Waals surface area contributed by atoms with E-state index >= 15 is 0 Å². The highest BCUT2D eigenvalue weighted by Gasteiger charge is 2.30. The molecule has 2 N–H and O–H groups in total. The lowest BCUT2D eigenvalue weighted by molar-refractivity contribution is -0.131. The fourth-order valence-electron chi connectivity index (χ4n) is 4.12. The Kier molecular flexibility index (Phi) is 6.24. The Hall–Kier alpha value is -1.69. The van der Waals surface area contributed by atoms with Crippen LogP contribution in [0.2, 0.25) is 0 Å². The van der Waals surface area contributed by atoms with Crippen LogP contribution in [0.1, 0.15) is 57.2 Å². The number of rotatable bonds is 5. The van der Waals surface area contributed by atoms with Crippen LogP contribution in [0.3, 0.4) is 0 Å². The molecule has 2 heterocycles. The smallest absolute Gasteiger partial charge is 0.222 e. The molecule has 3 rings (SSSR count). The number of amides is 1. The van der Waals surface area contributed by atoms with Gasteiger partial charge in [-0.2, -0.15) is 0 Å². The Morgan fingerprint density at radius 1 is 1.28 bits per heavy atom. The Bertz CT molecular complexity index is 571. The van der Waals surface area contributed by atoms with Crippen molar-refractivity contribution in [2.24, 2.45) is 5.92 Å². The van der Waals surface area contributed by atoms with Gasteiger partial charge in [-0.25, -0.2) is 9.97 Å². The van der Waals surface area contributed by atoms with Crippen LogP contribution in [0, 0.1) is 5.92 Å². The lowest BCUT2D eigenvalue weighted by atomic mass is 9.96. The molecule has 1 amide bonds. The van der Waals surface area contributed by atoms with Gasteiger partial charge in [-0.15, -0.1) is 0 Å². The van der Waals surface area contributed by atoms with E-state index in [0.717, 1.165) is 31.8 Å². The largest absolute Gasteiger partial charge is 0.384 e. The summed E-state index contributed by atoms with van der Waals surface area (Å²) in [6.45, 7) is 2.36. The van der Waals surface area contributed by atoms with Crippen LogP contribution >= 0.6 is 0 Å². The van der Waals surface area contributed by atoms with Crippen LogP contribution in [-0.2, 0) is 11.3 Å². The van der Waals surface area contributed by atoms with Gasteiger partial charge >= 0.3 is 0 Å². The lowest BCUT2D eigenvalue weighted by Crippen LogP contribution is -2.37. The zero-order valence-corrected chi connectivity index (χ0v) is 15.4. The van der Waals surface area contributed by atoms with Crippen LogP contribution < -0.4 is 5.73 Å². The van der Waals surface area contributed by atoms with E-state index in [1.807, 2.05) is 0 Å². The van der Waals surface area contributed by atoms with Crippen LogP contribution in [0.15, 0.2) is 12.3 Å². The molecule has 0 bridgehead atoms. The van der Waals surface area contributed by atoms with Gasteiger partial charge in [-0.3, -0.25) is 9.69 Å². The van der Waals surface area contributed by atoms with E-state index in [2.05, 4.69) is 26.8 Å². The first-order valence-electron chi connectivity index (χ1n) is 9.67. The predicted molar refractivity (Wildman–Crippen MR) is 98.7 cm³/mol. The Morgan fingerprint density at radius 3 is 2.76 bits per heavy atom. The number of hydrogen-bond donors (Lipinski definition) is 1. The van der Waals surface area contributed by atoms with Crippen LogP contribution in [0.25, 0.3) is 0 Å². The van der Waals surface area contributed by atoms with E-state index in [4.69, 9.17) is 5.73 Å². The number of carbonyl (C=O) groups is 1. The maximum Gasteiger partial charge on any atom is 0.222 e. The number of likely N-dealkylation sites (tertiary alicyclic amines) is 1. The van der Waals surface area contributed by atoms with E-state index in [1.54, 1.807) is 12.3 Å². The second-order valence-electron chi connectivity index (χ2n) is 7.66. The third kappa shape index (κ3) is 5.14. The standard InChI is InChI=1S/C19H31N5O/c1-23(14-18-21-10-8-17(20)22-18)16-9-11-24(13-16)19(25)12-15-6-4-2-3-5-7-15/h8,10,15-16H,2-7,9,11-14H2,1H3,(H2,20,21,22)/t16-/m1/s1. The number of nitrogens with zero attached hydrogens (tertiary/aromatic N) is 4. The van der Waals surface area contributed by atoms with Crippen molar-refractivity contribution in [3.05, 3.63) is 18.1 Å². The molecule has 2 fully saturated rings. The molecule has 1 saturated heterocycles. The fourth-order valence-corrected chi connectivity index (χ4v) is 4.12. The summed E-state index contributed by atoms with van der Waals surface area (Å²) >= 11 is 0. The Balaban J connectivity index is 1.47. The van der Waals surface area contributed by atoms with Crippen molar-refractivity contribution in [1.29, 1.82) is 0 Å². The number of aromatic nitrogens is 2. The average Bonchev–Trinajstić information content (AvgIpc) is 2.95. The van der Waals surface area contributed by atoms with E-state index < -0.39 is 0 Å². The summed E-state index contributed by atoms with van der Waals surface area (Å²) < 4.78 is 0. The molecular formula is C19H31N5O. The summed E-state index contributed by atoms with van der Waals surface area (Å²) in [6.07, 6.45) is 11.2. The van der Waals surface area contributed by atoms with Crippen LogP contribution in [0.5, 0.6) is 0 Å². The number of anilines is 1. The summed E-state index contributed by atoms with van der Waals surface area (Å²) in [7, 11) is 2.08. The highest BCUT2D eigenvalue weighted by atomic mass is 16.2. The molecule has 138 valence electrons. The highest BCUT2D eigenvalue weighted by molar-refractivity contribution is 5.76. The Morgan fingerprint density at radius 2 is 2.04 bits per heavy atom. The average molecular weight is 345 g/mol. The Labute approximate surface area is 150 Å². The zero-order valence-electron chi connectivity index (χ0n) is 15.4. The molecule has 1 aliphatic carbocycles. The summed E-state index contributed by atoms with van der Waals surface area (Å²) in [4.78, 5) is 25.5. The summed E-state index contributed by atoms with van der Waals surface area (Å²) in [5.74, 6) is 2.20. The van der Waals surface area contributed by atoms with Crippen molar-refractivity contribution in [2.45, 2.75) is 64.0 Å². The van der Waals surface area contributed by atoms with Gasteiger partial charge in [0.1, 0.15) is 11.6 Å². The van der Waals surface area contributed by atoms with E-state index in [9.17, 15) is 4.79 Å². The zero-order chi connectivity index (χ0) is 17.6. The predicted octanol–water partition coefficient (Wildman–Crippen LogP) is 2.45. The van der Waals surface area contributed by atoms with Crippen molar-refractivity contribution >= 4 is 11.7 Å². The first-order chi connectivity index (χ1) is 12.1. The van der Waals surface area contributed by atoms with E-state index in [0.29, 0.717) is 30.2 Å². The minimum atomic E-state index is 0.350. The van der Waals surface area contributed by atoms with E-state index in [1.165, 1.54) is 38.5 Å². The molecule has 1 aliphatic heterocycles. The van der Waals surface area contributed by atoms with Crippen molar-refractivity contribution in [2.75, 3.05) is 25.9 Å². The number of nitrogen functional groups attached to an aromatic ring is 1. The molecule has 0 spiro atoms. The third-order valence-electron chi connectivity index (χ3n) is 5.70. The van der Waals surface area contributed by atoms with Gasteiger partial charge in [0.2, 0.25) is 5.91 Å². The molecular weight excluding hydrogens is 314 g/mol. The van der Waals surface area contributed by atoms with Gasteiger partial charge < -0.3 is 10.6 Å². The van der Waals surface area contributed by atoms with Gasteiger partial charge in [0.15, 0.2) is 0 Å². The first kappa shape index (κ1) is 18.1. The molecule has 0 unspecified atom stereocenters. The van der Waals surface area contributed by atoms with Crippen molar-refractivity contribution in [3.8, 4) is 0 Å². The molecule has 25 heavy (non-hydrogen) atoms. The second-order valence-corrected chi connectivity index (χ2v) is 7.66. The number of carbonyl (C=O) groups excluding carboxylic acids is 1. The topological polar surface area (TPSA) is 75.4 Å². The van der Waals surface area contributed by atoms with Gasteiger partial charge in [-0.05, 0) is 38.3 Å². The molecule has 1 aromatic heterocycles.